The molecule has 0 atom stereocenters. The van der Waals surface area contributed by atoms with Gasteiger partial charge in [0.05, 0.1) is 0 Å². The van der Waals surface area contributed by atoms with Gasteiger partial charge in [0.2, 0.25) is 0 Å². The maximum Gasteiger partial charge on any atom is 0.264 e. The Hall–Kier alpha value is -0.770. The molecule has 0 aliphatic carbocycles. The number of hydrogen-bond donors (Lipinski definition) is 0. The third-order valence-electron chi connectivity index (χ3n) is 1.97. The van der Waals surface area contributed by atoms with E-state index in [0.29, 0.717) is 11.1 Å². The summed E-state index contributed by atoms with van der Waals surface area (Å²) in [5.74, 6) is -0.211. The molecule has 0 amide bonds. The van der Waals surface area contributed by atoms with Gasteiger partial charge in [-0.1, -0.05) is 12.1 Å². The van der Waals surface area contributed by atoms with Crippen LogP contribution in [0.4, 0.5) is 8.78 Å². The Labute approximate surface area is 89.3 Å². The molecule has 0 unspecified atom stereocenters. The number of alkyl halides is 2. The van der Waals surface area contributed by atoms with Gasteiger partial charge >= 0.3 is 0 Å². The number of ketones is 1. The summed E-state index contributed by atoms with van der Waals surface area (Å²) >= 11 is 3.03. The Kier molecular flexibility index (Phi) is 3.37. The zero-order chi connectivity index (χ0) is 10.9. The predicted molar refractivity (Wildman–Crippen MR) is 53.8 cm³/mol. The topological polar surface area (TPSA) is 17.1 Å². The zero-order valence-corrected chi connectivity index (χ0v) is 9.36. The van der Waals surface area contributed by atoms with E-state index in [2.05, 4.69) is 15.9 Å². The zero-order valence-electron chi connectivity index (χ0n) is 7.77. The lowest BCUT2D eigenvalue weighted by Crippen LogP contribution is -2.01. The van der Waals surface area contributed by atoms with Gasteiger partial charge in [0.25, 0.3) is 6.43 Å². The molecule has 1 nitrogen and oxygen atoms in total. The number of carbonyl (C=O) groups is 1. The smallest absolute Gasteiger partial charge is 0.264 e. The van der Waals surface area contributed by atoms with Gasteiger partial charge in [0.1, 0.15) is 0 Å². The molecule has 0 N–H and O–H groups in total. The quantitative estimate of drug-likeness (QED) is 0.739. The average Bonchev–Trinajstić information content (AvgIpc) is 2.02. The third kappa shape index (κ3) is 2.00. The second-order valence-corrected chi connectivity index (χ2v) is 3.81. The van der Waals surface area contributed by atoms with Crippen LogP contribution < -0.4 is 0 Å². The summed E-state index contributed by atoms with van der Waals surface area (Å²) in [6.45, 7) is 3.08. The van der Waals surface area contributed by atoms with Crippen molar-refractivity contribution in [1.29, 1.82) is 0 Å². The Morgan fingerprint density at radius 1 is 1.43 bits per heavy atom. The monoisotopic (exact) mass is 262 g/mol. The van der Waals surface area contributed by atoms with E-state index in [1.54, 1.807) is 6.92 Å². The van der Waals surface area contributed by atoms with Gasteiger partial charge in [-0.2, -0.15) is 0 Å². The number of rotatable bonds is 2. The second kappa shape index (κ2) is 4.17. The van der Waals surface area contributed by atoms with Gasteiger partial charge in [-0.15, -0.1) is 0 Å². The van der Waals surface area contributed by atoms with Gasteiger partial charge in [-0.25, -0.2) is 8.78 Å². The first-order valence-electron chi connectivity index (χ1n) is 4.03. The summed E-state index contributed by atoms with van der Waals surface area (Å²) < 4.78 is 25.1. The van der Waals surface area contributed by atoms with Crippen molar-refractivity contribution in [3.05, 3.63) is 33.3 Å². The van der Waals surface area contributed by atoms with Crippen molar-refractivity contribution in [3.8, 4) is 0 Å². The van der Waals surface area contributed by atoms with Gasteiger partial charge in [-0.3, -0.25) is 4.79 Å². The van der Waals surface area contributed by atoms with Crippen LogP contribution >= 0.6 is 15.9 Å². The largest absolute Gasteiger partial charge is 0.294 e. The van der Waals surface area contributed by atoms with E-state index in [9.17, 15) is 13.6 Å². The standard InChI is InChI=1S/C10H9BrF2O/c1-5-3-4-7(10(12)13)9(11)8(5)6(2)14/h3-4,10H,1-2H3. The van der Waals surface area contributed by atoms with Crippen LogP contribution in [0.5, 0.6) is 0 Å². The van der Waals surface area contributed by atoms with Crippen LogP contribution in [0.15, 0.2) is 16.6 Å². The fraction of sp³-hybridized carbons (Fsp3) is 0.300. The van der Waals surface area contributed by atoms with E-state index in [1.807, 2.05) is 0 Å². The molecule has 0 radical (unpaired) electrons. The van der Waals surface area contributed by atoms with Gasteiger partial charge in [0.15, 0.2) is 5.78 Å². The molecular formula is C10H9BrF2O. The van der Waals surface area contributed by atoms with Crippen molar-refractivity contribution in [2.45, 2.75) is 20.3 Å². The molecule has 0 bridgehead atoms. The molecule has 14 heavy (non-hydrogen) atoms. The van der Waals surface area contributed by atoms with Crippen molar-refractivity contribution in [3.63, 3.8) is 0 Å². The van der Waals surface area contributed by atoms with Crippen LogP contribution in [-0.2, 0) is 0 Å². The first-order valence-corrected chi connectivity index (χ1v) is 4.82. The molecule has 0 saturated carbocycles. The molecule has 76 valence electrons. The summed E-state index contributed by atoms with van der Waals surface area (Å²) in [7, 11) is 0. The van der Waals surface area contributed by atoms with E-state index in [1.165, 1.54) is 19.1 Å². The molecule has 4 heteroatoms. The molecule has 0 saturated heterocycles. The van der Waals surface area contributed by atoms with Crippen molar-refractivity contribution in [2.75, 3.05) is 0 Å². The maximum atomic E-state index is 12.5. The number of halogens is 3. The number of benzene rings is 1. The lowest BCUT2D eigenvalue weighted by molar-refractivity contribution is 0.101. The molecule has 0 fully saturated rings. The summed E-state index contributed by atoms with van der Waals surface area (Å²) in [6, 6.07) is 2.86. The number of Topliss-reactive ketones (excluding diaryl/α,β-unsaturated/α-hetero) is 1. The Morgan fingerprint density at radius 3 is 2.43 bits per heavy atom. The summed E-state index contributed by atoms with van der Waals surface area (Å²) in [5.41, 5.74) is 0.900. The molecule has 0 aromatic heterocycles. The molecule has 1 aromatic carbocycles. The molecular weight excluding hydrogens is 254 g/mol. The number of aryl methyl sites for hydroxylation is 1. The fourth-order valence-electron chi connectivity index (χ4n) is 1.29. The number of hydrogen-bond acceptors (Lipinski definition) is 1. The molecule has 0 aliphatic rings. The molecule has 1 rings (SSSR count). The van der Waals surface area contributed by atoms with Gasteiger partial charge in [-0.05, 0) is 35.3 Å². The molecule has 0 heterocycles. The number of carbonyl (C=O) groups excluding carboxylic acids is 1. The maximum absolute atomic E-state index is 12.5. The Morgan fingerprint density at radius 2 is 2.00 bits per heavy atom. The summed E-state index contributed by atoms with van der Waals surface area (Å²) in [5, 5.41) is 0. The van der Waals surface area contributed by atoms with E-state index >= 15 is 0 Å². The molecule has 1 aromatic rings. The van der Waals surface area contributed by atoms with E-state index < -0.39 is 6.43 Å². The van der Waals surface area contributed by atoms with Crippen molar-refractivity contribution >= 4 is 21.7 Å². The second-order valence-electron chi connectivity index (χ2n) is 3.02. The van der Waals surface area contributed by atoms with Crippen LogP contribution in [0.1, 0.15) is 34.8 Å². The SMILES string of the molecule is CC(=O)c1c(C)ccc(C(F)F)c1Br. The van der Waals surface area contributed by atoms with Crippen molar-refractivity contribution in [1.82, 2.24) is 0 Å². The van der Waals surface area contributed by atoms with Crippen LogP contribution in [0.25, 0.3) is 0 Å². The molecule has 0 spiro atoms. The van der Waals surface area contributed by atoms with Gasteiger partial charge < -0.3 is 0 Å². The summed E-state index contributed by atoms with van der Waals surface area (Å²) in [6.07, 6.45) is -2.57. The fourth-order valence-corrected chi connectivity index (χ4v) is 2.19. The minimum atomic E-state index is -2.57. The highest BCUT2D eigenvalue weighted by atomic mass is 79.9. The Balaban J connectivity index is 3.41. The Bertz CT molecular complexity index is 375. The summed E-state index contributed by atoms with van der Waals surface area (Å²) in [4.78, 5) is 11.2. The highest BCUT2D eigenvalue weighted by molar-refractivity contribution is 9.10. The first kappa shape index (κ1) is 11.3. The predicted octanol–water partition coefficient (Wildman–Crippen LogP) is 3.90. The van der Waals surface area contributed by atoms with Crippen LogP contribution in [0, 0.1) is 6.92 Å². The minimum Gasteiger partial charge on any atom is -0.294 e. The van der Waals surface area contributed by atoms with E-state index in [4.69, 9.17) is 0 Å². The highest BCUT2D eigenvalue weighted by Crippen LogP contribution is 2.32. The van der Waals surface area contributed by atoms with E-state index in [0.717, 1.165) is 0 Å². The average molecular weight is 263 g/mol. The highest BCUT2D eigenvalue weighted by Gasteiger charge is 2.17. The normalized spacial score (nSPS) is 10.7. The van der Waals surface area contributed by atoms with Crippen molar-refractivity contribution in [2.24, 2.45) is 0 Å². The first-order chi connectivity index (χ1) is 6.45. The lowest BCUT2D eigenvalue weighted by Gasteiger charge is -2.09. The lowest BCUT2D eigenvalue weighted by atomic mass is 10.0. The van der Waals surface area contributed by atoms with Crippen LogP contribution in [0.3, 0.4) is 0 Å². The third-order valence-corrected chi connectivity index (χ3v) is 2.82. The van der Waals surface area contributed by atoms with Gasteiger partial charge in [0, 0.05) is 15.6 Å². The van der Waals surface area contributed by atoms with Crippen LogP contribution in [0.2, 0.25) is 0 Å². The van der Waals surface area contributed by atoms with E-state index in [-0.39, 0.29) is 15.8 Å². The van der Waals surface area contributed by atoms with Crippen LogP contribution in [-0.4, -0.2) is 5.78 Å². The van der Waals surface area contributed by atoms with Crippen molar-refractivity contribution < 1.29 is 13.6 Å². The molecule has 0 aliphatic heterocycles. The minimum absolute atomic E-state index is 0.138.